The number of pyridine rings is 1. The summed E-state index contributed by atoms with van der Waals surface area (Å²) >= 11 is 0. The third-order valence-electron chi connectivity index (χ3n) is 5.35. The molecular formula is C25H26N2O3. The summed E-state index contributed by atoms with van der Waals surface area (Å²) in [6.07, 6.45) is 3.60. The molecule has 5 heteroatoms. The summed E-state index contributed by atoms with van der Waals surface area (Å²) in [5.41, 5.74) is 2.56. The van der Waals surface area contributed by atoms with Crippen molar-refractivity contribution in [2.75, 3.05) is 19.8 Å². The molecule has 0 bridgehead atoms. The van der Waals surface area contributed by atoms with E-state index < -0.39 is 0 Å². The Balaban J connectivity index is 1.42. The Hall–Kier alpha value is -3.18. The van der Waals surface area contributed by atoms with E-state index >= 15 is 0 Å². The number of amides is 1. The first-order chi connectivity index (χ1) is 14.8. The SMILES string of the molecule is O=C(NC(c1ccccc1)c1ccccc1)c1ccc(OCC2CCOCC2)nc1. The number of hydrogen-bond donors (Lipinski definition) is 1. The van der Waals surface area contributed by atoms with Gasteiger partial charge in [-0.3, -0.25) is 4.79 Å². The van der Waals surface area contributed by atoms with Gasteiger partial charge in [0.25, 0.3) is 5.91 Å². The summed E-state index contributed by atoms with van der Waals surface area (Å²) in [5, 5.41) is 3.14. The number of ether oxygens (including phenoxy) is 2. The molecular weight excluding hydrogens is 376 g/mol. The van der Waals surface area contributed by atoms with Crippen molar-refractivity contribution < 1.29 is 14.3 Å². The second kappa shape index (κ2) is 10.0. The first-order valence-electron chi connectivity index (χ1n) is 10.4. The molecule has 5 nitrogen and oxygen atoms in total. The fraction of sp³-hybridized carbons (Fsp3) is 0.280. The van der Waals surface area contributed by atoms with E-state index in [1.54, 1.807) is 18.3 Å². The molecule has 1 N–H and O–H groups in total. The molecule has 154 valence electrons. The van der Waals surface area contributed by atoms with Gasteiger partial charge in [0.05, 0.1) is 18.2 Å². The summed E-state index contributed by atoms with van der Waals surface area (Å²) in [6.45, 7) is 2.22. The summed E-state index contributed by atoms with van der Waals surface area (Å²) in [6, 6.07) is 23.2. The number of benzene rings is 2. The summed E-state index contributed by atoms with van der Waals surface area (Å²) < 4.78 is 11.2. The standard InChI is InChI=1S/C25H26N2O3/c28-25(22-11-12-23(26-17-22)30-18-19-13-15-29-16-14-19)27-24(20-7-3-1-4-8-20)21-9-5-2-6-10-21/h1-12,17,19,24H,13-16,18H2,(H,27,28). The normalized spacial score (nSPS) is 14.4. The van der Waals surface area contributed by atoms with E-state index in [0.29, 0.717) is 24.0 Å². The smallest absolute Gasteiger partial charge is 0.253 e. The number of rotatable bonds is 7. The Morgan fingerprint density at radius 1 is 0.967 bits per heavy atom. The topological polar surface area (TPSA) is 60.5 Å². The van der Waals surface area contributed by atoms with Crippen molar-refractivity contribution in [3.8, 4) is 5.88 Å². The van der Waals surface area contributed by atoms with Crippen LogP contribution in [0.3, 0.4) is 0 Å². The summed E-state index contributed by atoms with van der Waals surface area (Å²) in [7, 11) is 0. The predicted molar refractivity (Wildman–Crippen MR) is 115 cm³/mol. The van der Waals surface area contributed by atoms with Crippen molar-refractivity contribution in [2.45, 2.75) is 18.9 Å². The Kier molecular flexibility index (Phi) is 6.72. The van der Waals surface area contributed by atoms with Crippen LogP contribution in [0.15, 0.2) is 79.0 Å². The molecule has 1 fully saturated rings. The van der Waals surface area contributed by atoms with Gasteiger partial charge in [0.2, 0.25) is 5.88 Å². The fourth-order valence-electron chi connectivity index (χ4n) is 3.58. The third-order valence-corrected chi connectivity index (χ3v) is 5.35. The highest BCUT2D eigenvalue weighted by molar-refractivity contribution is 5.94. The van der Waals surface area contributed by atoms with Crippen LogP contribution in [0.1, 0.15) is 40.4 Å². The first kappa shape index (κ1) is 20.1. The van der Waals surface area contributed by atoms with E-state index in [4.69, 9.17) is 9.47 Å². The lowest BCUT2D eigenvalue weighted by molar-refractivity contribution is 0.0490. The zero-order valence-electron chi connectivity index (χ0n) is 16.9. The molecule has 2 heterocycles. The van der Waals surface area contributed by atoms with E-state index in [2.05, 4.69) is 10.3 Å². The van der Waals surface area contributed by atoms with E-state index in [-0.39, 0.29) is 11.9 Å². The van der Waals surface area contributed by atoms with Crippen molar-refractivity contribution in [3.63, 3.8) is 0 Å². The maximum atomic E-state index is 12.9. The van der Waals surface area contributed by atoms with Gasteiger partial charge in [-0.05, 0) is 36.0 Å². The number of aromatic nitrogens is 1. The maximum Gasteiger partial charge on any atom is 0.253 e. The van der Waals surface area contributed by atoms with Crippen LogP contribution < -0.4 is 10.1 Å². The second-order valence-corrected chi connectivity index (χ2v) is 7.48. The largest absolute Gasteiger partial charge is 0.477 e. The second-order valence-electron chi connectivity index (χ2n) is 7.48. The molecule has 30 heavy (non-hydrogen) atoms. The Bertz CT molecular complexity index is 884. The monoisotopic (exact) mass is 402 g/mol. The predicted octanol–water partition coefficient (Wildman–Crippen LogP) is 4.41. The van der Waals surface area contributed by atoms with Crippen molar-refractivity contribution in [3.05, 3.63) is 95.7 Å². The van der Waals surface area contributed by atoms with E-state index in [1.807, 2.05) is 60.7 Å². The summed E-state index contributed by atoms with van der Waals surface area (Å²) in [4.78, 5) is 17.2. The van der Waals surface area contributed by atoms with Crippen molar-refractivity contribution >= 4 is 5.91 Å². The zero-order chi connectivity index (χ0) is 20.6. The number of nitrogens with one attached hydrogen (secondary N) is 1. The van der Waals surface area contributed by atoms with Crippen molar-refractivity contribution in [2.24, 2.45) is 5.92 Å². The molecule has 4 rings (SSSR count). The highest BCUT2D eigenvalue weighted by Crippen LogP contribution is 2.22. The van der Waals surface area contributed by atoms with Gasteiger partial charge in [-0.15, -0.1) is 0 Å². The molecule has 2 aromatic carbocycles. The molecule has 3 aromatic rings. The number of hydrogen-bond acceptors (Lipinski definition) is 4. The highest BCUT2D eigenvalue weighted by Gasteiger charge is 2.18. The van der Waals surface area contributed by atoms with Gasteiger partial charge in [0.1, 0.15) is 0 Å². The van der Waals surface area contributed by atoms with Crippen molar-refractivity contribution in [1.82, 2.24) is 10.3 Å². The maximum absolute atomic E-state index is 12.9. The third kappa shape index (κ3) is 5.24. The molecule has 1 amide bonds. The van der Waals surface area contributed by atoms with Crippen LogP contribution in [0.25, 0.3) is 0 Å². The average Bonchev–Trinajstić information content (AvgIpc) is 2.83. The van der Waals surface area contributed by atoms with Crippen LogP contribution in [0.5, 0.6) is 5.88 Å². The van der Waals surface area contributed by atoms with Crippen LogP contribution in [-0.2, 0) is 4.74 Å². The molecule has 0 unspecified atom stereocenters. The van der Waals surface area contributed by atoms with Crippen LogP contribution in [-0.4, -0.2) is 30.7 Å². The molecule has 1 aliphatic heterocycles. The van der Waals surface area contributed by atoms with Crippen molar-refractivity contribution in [1.29, 1.82) is 0 Å². The van der Waals surface area contributed by atoms with Gasteiger partial charge in [0.15, 0.2) is 0 Å². The lowest BCUT2D eigenvalue weighted by Gasteiger charge is -2.22. The minimum Gasteiger partial charge on any atom is -0.477 e. The van der Waals surface area contributed by atoms with Crippen LogP contribution in [0.2, 0.25) is 0 Å². The van der Waals surface area contributed by atoms with Crippen LogP contribution >= 0.6 is 0 Å². The molecule has 0 atom stereocenters. The lowest BCUT2D eigenvalue weighted by atomic mass is 9.98. The minimum absolute atomic E-state index is 0.170. The molecule has 0 saturated carbocycles. The van der Waals surface area contributed by atoms with E-state index in [1.165, 1.54) is 0 Å². The van der Waals surface area contributed by atoms with Gasteiger partial charge in [-0.25, -0.2) is 4.98 Å². The van der Waals surface area contributed by atoms with Gasteiger partial charge < -0.3 is 14.8 Å². The summed E-state index contributed by atoms with van der Waals surface area (Å²) in [5.74, 6) is 0.873. The van der Waals surface area contributed by atoms with Crippen LogP contribution in [0, 0.1) is 5.92 Å². The Morgan fingerprint density at radius 3 is 2.17 bits per heavy atom. The van der Waals surface area contributed by atoms with Gasteiger partial charge in [0, 0.05) is 25.5 Å². The number of nitrogens with zero attached hydrogens (tertiary/aromatic N) is 1. The number of carbonyl (C=O) groups excluding carboxylic acids is 1. The fourth-order valence-corrected chi connectivity index (χ4v) is 3.58. The first-order valence-corrected chi connectivity index (χ1v) is 10.4. The van der Waals surface area contributed by atoms with E-state index in [9.17, 15) is 4.79 Å². The molecule has 0 aliphatic carbocycles. The average molecular weight is 402 g/mol. The molecule has 0 radical (unpaired) electrons. The van der Waals surface area contributed by atoms with E-state index in [0.717, 1.165) is 37.2 Å². The lowest BCUT2D eigenvalue weighted by Crippen LogP contribution is -2.29. The molecule has 1 aliphatic rings. The van der Waals surface area contributed by atoms with Gasteiger partial charge >= 0.3 is 0 Å². The molecule has 0 spiro atoms. The Labute approximate surface area is 177 Å². The minimum atomic E-state index is -0.232. The van der Waals surface area contributed by atoms with Gasteiger partial charge in [-0.2, -0.15) is 0 Å². The molecule has 1 aromatic heterocycles. The Morgan fingerprint density at radius 2 is 1.60 bits per heavy atom. The zero-order valence-corrected chi connectivity index (χ0v) is 16.9. The van der Waals surface area contributed by atoms with Crippen LogP contribution in [0.4, 0.5) is 0 Å². The quantitative estimate of drug-likeness (QED) is 0.636. The van der Waals surface area contributed by atoms with Gasteiger partial charge in [-0.1, -0.05) is 60.7 Å². The highest BCUT2D eigenvalue weighted by atomic mass is 16.5. The molecule has 1 saturated heterocycles. The number of carbonyl (C=O) groups is 1.